The average molecular weight is 639 g/mol. The van der Waals surface area contributed by atoms with E-state index in [9.17, 15) is 0 Å². The molecule has 234 valence electrons. The number of aromatic nitrogens is 2. The molecule has 0 amide bonds. The predicted octanol–water partition coefficient (Wildman–Crippen LogP) is 11.8. The Balaban J connectivity index is 1.21. The second-order valence-corrected chi connectivity index (χ2v) is 13.5. The molecule has 8 aromatic rings. The molecule has 0 N–H and O–H groups in total. The van der Waals surface area contributed by atoms with E-state index in [-0.39, 0.29) is 0 Å². The van der Waals surface area contributed by atoms with Gasteiger partial charge in [0.1, 0.15) is 11.2 Å². The number of hydrogen-bond acceptors (Lipinski definition) is 3. The number of furan rings is 1. The maximum absolute atomic E-state index is 6.19. The van der Waals surface area contributed by atoms with E-state index in [1.165, 1.54) is 44.5 Å². The Labute approximate surface area is 289 Å². The van der Waals surface area contributed by atoms with Gasteiger partial charge in [-0.15, -0.1) is 0 Å². The van der Waals surface area contributed by atoms with Crippen LogP contribution in [0.4, 0.5) is 0 Å². The van der Waals surface area contributed by atoms with Crippen LogP contribution in [0.5, 0.6) is 0 Å². The minimum Gasteiger partial charge on any atom is -0.456 e. The number of fused-ring (bicyclic) bond motifs is 13. The summed E-state index contributed by atoms with van der Waals surface area (Å²) in [5.41, 5.74) is 17.0. The topological polar surface area (TPSA) is 38.9 Å². The molecular formula is C47H30N2O. The van der Waals surface area contributed by atoms with Gasteiger partial charge >= 0.3 is 0 Å². The molecular weight excluding hydrogens is 609 g/mol. The summed E-state index contributed by atoms with van der Waals surface area (Å²) < 4.78 is 6.19. The Bertz CT molecular complexity index is 2770. The van der Waals surface area contributed by atoms with Crippen LogP contribution >= 0.6 is 0 Å². The standard InChI is InChI=1S/C47H30N2O/c1-2-13-29(14-3-1)41-28-42(49-46(48-41)30-25-26-44-37(27-30)34-18-7-11-24-43(34)50-44)36-20-12-19-35-33-17-6-10-23-40(33)47(45(35)36)38-21-8-4-15-31(38)32-16-5-9-22-39(32)47/h1-4,6-8,10-28H,5,9H2. The fraction of sp³-hybridized carbons (Fsp3) is 0.0638. The molecule has 1 atom stereocenters. The summed E-state index contributed by atoms with van der Waals surface area (Å²) in [6.07, 6.45) is 7.06. The average Bonchev–Trinajstić information content (AvgIpc) is 3.82. The van der Waals surface area contributed by atoms with Crippen molar-refractivity contribution in [1.29, 1.82) is 0 Å². The van der Waals surface area contributed by atoms with E-state index < -0.39 is 5.41 Å². The molecule has 6 aromatic carbocycles. The van der Waals surface area contributed by atoms with E-state index in [0.717, 1.165) is 62.9 Å². The maximum Gasteiger partial charge on any atom is 0.160 e. The molecule has 3 aliphatic rings. The number of nitrogens with zero attached hydrogens (tertiary/aromatic N) is 2. The van der Waals surface area contributed by atoms with E-state index in [1.807, 2.05) is 18.2 Å². The third-order valence-corrected chi connectivity index (χ3v) is 10.9. The number of benzene rings is 6. The van der Waals surface area contributed by atoms with E-state index in [2.05, 4.69) is 140 Å². The normalized spacial score (nSPS) is 17.0. The Morgan fingerprint density at radius 2 is 1.16 bits per heavy atom. The van der Waals surface area contributed by atoms with Crippen LogP contribution in [-0.2, 0) is 5.41 Å². The lowest BCUT2D eigenvalue weighted by Crippen LogP contribution is -2.27. The Hall–Kier alpha value is -6.32. The van der Waals surface area contributed by atoms with Crippen LogP contribution in [-0.4, -0.2) is 9.97 Å². The van der Waals surface area contributed by atoms with Gasteiger partial charge in [0.05, 0.1) is 16.8 Å². The van der Waals surface area contributed by atoms with Crippen molar-refractivity contribution >= 4 is 27.5 Å². The molecule has 3 heteroatoms. The first-order valence-electron chi connectivity index (χ1n) is 17.4. The third-order valence-electron chi connectivity index (χ3n) is 10.9. The molecule has 3 aliphatic carbocycles. The fourth-order valence-corrected chi connectivity index (χ4v) is 8.95. The van der Waals surface area contributed by atoms with Gasteiger partial charge in [-0.05, 0) is 87.7 Å². The highest BCUT2D eigenvalue weighted by atomic mass is 16.3. The minimum atomic E-state index is -0.433. The largest absolute Gasteiger partial charge is 0.456 e. The highest BCUT2D eigenvalue weighted by molar-refractivity contribution is 6.06. The Morgan fingerprint density at radius 3 is 2.06 bits per heavy atom. The first-order valence-corrected chi connectivity index (χ1v) is 17.4. The summed E-state index contributed by atoms with van der Waals surface area (Å²) in [6.45, 7) is 0. The van der Waals surface area contributed by atoms with Crippen LogP contribution in [0, 0.1) is 0 Å². The fourth-order valence-electron chi connectivity index (χ4n) is 8.95. The van der Waals surface area contributed by atoms with Crippen LogP contribution in [0.1, 0.15) is 35.1 Å². The summed E-state index contributed by atoms with van der Waals surface area (Å²) in [6, 6.07) is 52.0. The van der Waals surface area contributed by atoms with Gasteiger partial charge in [-0.25, -0.2) is 9.97 Å². The quantitative estimate of drug-likeness (QED) is 0.193. The number of allylic oxidation sites excluding steroid dienone is 4. The van der Waals surface area contributed by atoms with Gasteiger partial charge in [0.25, 0.3) is 0 Å². The number of rotatable bonds is 3. The molecule has 0 bridgehead atoms. The Morgan fingerprint density at radius 1 is 0.480 bits per heavy atom. The zero-order valence-corrected chi connectivity index (χ0v) is 27.2. The molecule has 2 aromatic heterocycles. The van der Waals surface area contributed by atoms with Gasteiger partial charge in [-0.3, -0.25) is 0 Å². The highest BCUT2D eigenvalue weighted by Crippen LogP contribution is 2.65. The van der Waals surface area contributed by atoms with Crippen LogP contribution in [0.25, 0.3) is 72.5 Å². The predicted molar refractivity (Wildman–Crippen MR) is 203 cm³/mol. The third kappa shape index (κ3) is 3.69. The lowest BCUT2D eigenvalue weighted by atomic mass is 9.68. The summed E-state index contributed by atoms with van der Waals surface area (Å²) in [5, 5.41) is 2.16. The van der Waals surface area contributed by atoms with Crippen molar-refractivity contribution in [3.05, 3.63) is 186 Å². The van der Waals surface area contributed by atoms with Crippen LogP contribution in [0.3, 0.4) is 0 Å². The molecule has 3 nitrogen and oxygen atoms in total. The number of hydrogen-bond donors (Lipinski definition) is 0. The minimum absolute atomic E-state index is 0.433. The van der Waals surface area contributed by atoms with E-state index in [0.29, 0.717) is 5.82 Å². The summed E-state index contributed by atoms with van der Waals surface area (Å²) in [7, 11) is 0. The molecule has 0 aliphatic heterocycles. The molecule has 0 saturated carbocycles. The molecule has 2 heterocycles. The van der Waals surface area contributed by atoms with Gasteiger partial charge in [-0.1, -0.05) is 127 Å². The SMILES string of the molecule is C1=C2C(=CCC1)C1(c3ccccc32)c2ccccc2-c2cccc(-c3cc(-c4ccccc4)nc(-c4ccc5oc6ccccc6c5c4)n3)c21. The van der Waals surface area contributed by atoms with Gasteiger partial charge < -0.3 is 4.42 Å². The molecule has 0 saturated heterocycles. The van der Waals surface area contributed by atoms with Crippen molar-refractivity contribution in [2.24, 2.45) is 0 Å². The summed E-state index contributed by atoms with van der Waals surface area (Å²) in [5.74, 6) is 0.694. The lowest BCUT2D eigenvalue weighted by molar-refractivity contribution is 0.669. The van der Waals surface area contributed by atoms with Crippen LogP contribution in [0.2, 0.25) is 0 Å². The Kier molecular flexibility index (Phi) is 5.71. The van der Waals surface area contributed by atoms with E-state index in [4.69, 9.17) is 14.4 Å². The lowest BCUT2D eigenvalue weighted by Gasteiger charge is -2.33. The van der Waals surface area contributed by atoms with Crippen molar-refractivity contribution < 1.29 is 4.42 Å². The first kappa shape index (κ1) is 27.6. The van der Waals surface area contributed by atoms with Gasteiger partial charge in [0.15, 0.2) is 5.82 Å². The number of para-hydroxylation sites is 1. The molecule has 1 spiro atoms. The van der Waals surface area contributed by atoms with Crippen molar-refractivity contribution in [3.8, 4) is 45.0 Å². The van der Waals surface area contributed by atoms with Gasteiger partial charge in [0.2, 0.25) is 0 Å². The van der Waals surface area contributed by atoms with Crippen molar-refractivity contribution in [2.45, 2.75) is 18.3 Å². The molecule has 0 fully saturated rings. The monoisotopic (exact) mass is 638 g/mol. The highest BCUT2D eigenvalue weighted by Gasteiger charge is 2.54. The maximum atomic E-state index is 6.19. The van der Waals surface area contributed by atoms with E-state index in [1.54, 1.807) is 0 Å². The second kappa shape index (κ2) is 10.3. The van der Waals surface area contributed by atoms with Crippen molar-refractivity contribution in [1.82, 2.24) is 9.97 Å². The van der Waals surface area contributed by atoms with Crippen LogP contribution < -0.4 is 0 Å². The smallest absolute Gasteiger partial charge is 0.160 e. The summed E-state index contributed by atoms with van der Waals surface area (Å²) >= 11 is 0. The van der Waals surface area contributed by atoms with Gasteiger partial charge in [0, 0.05) is 27.5 Å². The zero-order valence-electron chi connectivity index (χ0n) is 27.2. The molecule has 50 heavy (non-hydrogen) atoms. The molecule has 0 radical (unpaired) electrons. The van der Waals surface area contributed by atoms with Gasteiger partial charge in [-0.2, -0.15) is 0 Å². The van der Waals surface area contributed by atoms with E-state index >= 15 is 0 Å². The zero-order chi connectivity index (χ0) is 32.8. The van der Waals surface area contributed by atoms with Crippen molar-refractivity contribution in [2.75, 3.05) is 0 Å². The van der Waals surface area contributed by atoms with Crippen molar-refractivity contribution in [3.63, 3.8) is 0 Å². The first-order chi connectivity index (χ1) is 24.8. The van der Waals surface area contributed by atoms with Crippen LogP contribution in [0.15, 0.2) is 168 Å². The molecule has 1 unspecified atom stereocenters. The molecule has 11 rings (SSSR count). The second-order valence-electron chi connectivity index (χ2n) is 13.5. The summed E-state index contributed by atoms with van der Waals surface area (Å²) in [4.78, 5) is 10.7.